The summed E-state index contributed by atoms with van der Waals surface area (Å²) < 4.78 is 5.61. The van der Waals surface area contributed by atoms with Crippen molar-refractivity contribution >= 4 is 0 Å². The minimum absolute atomic E-state index is 0.536. The zero-order valence-electron chi connectivity index (χ0n) is 11.0. The lowest BCUT2D eigenvalue weighted by molar-refractivity contribution is 0.0553. The second kappa shape index (κ2) is 6.62. The predicted molar refractivity (Wildman–Crippen MR) is 70.2 cm³/mol. The van der Waals surface area contributed by atoms with Crippen LogP contribution >= 0.6 is 0 Å². The summed E-state index contributed by atoms with van der Waals surface area (Å²) in [4.78, 5) is 0. The van der Waals surface area contributed by atoms with Gasteiger partial charge in [0.2, 0.25) is 0 Å². The van der Waals surface area contributed by atoms with Gasteiger partial charge in [0.25, 0.3) is 0 Å². The molecule has 0 amide bonds. The molecular weight excluding hydrogens is 214 g/mol. The summed E-state index contributed by atoms with van der Waals surface area (Å²) in [7, 11) is 0. The molecule has 17 heavy (non-hydrogen) atoms. The second-order valence-corrected chi connectivity index (χ2v) is 4.84. The molecule has 0 spiro atoms. The van der Waals surface area contributed by atoms with Crippen molar-refractivity contribution in [2.75, 3.05) is 13.2 Å². The number of aliphatic hydroxyl groups is 1. The van der Waals surface area contributed by atoms with Crippen molar-refractivity contribution in [2.24, 2.45) is 0 Å². The van der Waals surface area contributed by atoms with Crippen LogP contribution in [0.25, 0.3) is 0 Å². The molecule has 0 aliphatic rings. The smallest absolute Gasteiger partial charge is 0.119 e. The maximum atomic E-state index is 9.58. The fourth-order valence-corrected chi connectivity index (χ4v) is 1.43. The zero-order chi connectivity index (χ0) is 12.7. The largest absolute Gasteiger partial charge is 0.493 e. The Balaban J connectivity index is 2.43. The van der Waals surface area contributed by atoms with E-state index in [4.69, 9.17) is 4.74 Å². The molecular formula is C14H23NO2. The summed E-state index contributed by atoms with van der Waals surface area (Å²) in [6, 6.07) is 8.05. The molecule has 3 heteroatoms. The first-order chi connectivity index (χ1) is 8.01. The standard InChI is InChI=1S/C14H23NO2/c1-4-15-11-12-6-5-7-13(10-12)17-9-8-14(2,3)16/h5-7,10,15-16H,4,8-9,11H2,1-3H3. The van der Waals surface area contributed by atoms with Gasteiger partial charge in [0, 0.05) is 13.0 Å². The monoisotopic (exact) mass is 237 g/mol. The van der Waals surface area contributed by atoms with Crippen LogP contribution in [-0.4, -0.2) is 23.9 Å². The molecule has 0 atom stereocenters. The summed E-state index contributed by atoms with van der Waals surface area (Å²) in [5.74, 6) is 0.865. The van der Waals surface area contributed by atoms with Crippen LogP contribution in [0.2, 0.25) is 0 Å². The van der Waals surface area contributed by atoms with Crippen LogP contribution < -0.4 is 10.1 Å². The molecule has 0 fully saturated rings. The zero-order valence-corrected chi connectivity index (χ0v) is 11.0. The number of rotatable bonds is 7. The van der Waals surface area contributed by atoms with Crippen LogP contribution in [-0.2, 0) is 6.54 Å². The third kappa shape index (κ3) is 6.29. The van der Waals surface area contributed by atoms with Crippen LogP contribution in [0.1, 0.15) is 32.8 Å². The van der Waals surface area contributed by atoms with Gasteiger partial charge in [-0.15, -0.1) is 0 Å². The van der Waals surface area contributed by atoms with Crippen LogP contribution in [0.3, 0.4) is 0 Å². The van der Waals surface area contributed by atoms with Crippen LogP contribution in [0.4, 0.5) is 0 Å². The number of hydrogen-bond acceptors (Lipinski definition) is 3. The van der Waals surface area contributed by atoms with Crippen molar-refractivity contribution in [1.29, 1.82) is 0 Å². The molecule has 0 aliphatic heterocycles. The van der Waals surface area contributed by atoms with Gasteiger partial charge in [-0.05, 0) is 38.1 Å². The Morgan fingerprint density at radius 2 is 2.12 bits per heavy atom. The van der Waals surface area contributed by atoms with E-state index in [0.717, 1.165) is 18.8 Å². The van der Waals surface area contributed by atoms with E-state index in [0.29, 0.717) is 13.0 Å². The Bertz CT molecular complexity index is 331. The first-order valence-corrected chi connectivity index (χ1v) is 6.16. The lowest BCUT2D eigenvalue weighted by atomic mass is 10.1. The number of benzene rings is 1. The summed E-state index contributed by atoms with van der Waals surface area (Å²) in [5, 5.41) is 12.9. The molecule has 1 aromatic carbocycles. The normalized spacial score (nSPS) is 11.5. The van der Waals surface area contributed by atoms with E-state index < -0.39 is 5.60 Å². The minimum Gasteiger partial charge on any atom is -0.493 e. The highest BCUT2D eigenvalue weighted by atomic mass is 16.5. The van der Waals surface area contributed by atoms with E-state index in [9.17, 15) is 5.11 Å². The van der Waals surface area contributed by atoms with Crippen molar-refractivity contribution in [1.82, 2.24) is 5.32 Å². The van der Waals surface area contributed by atoms with Crippen molar-refractivity contribution in [3.63, 3.8) is 0 Å². The van der Waals surface area contributed by atoms with Gasteiger partial charge in [-0.25, -0.2) is 0 Å². The molecule has 0 bridgehead atoms. The predicted octanol–water partition coefficient (Wildman–Crippen LogP) is 2.34. The quantitative estimate of drug-likeness (QED) is 0.765. The lowest BCUT2D eigenvalue weighted by Crippen LogP contribution is -2.21. The van der Waals surface area contributed by atoms with E-state index in [-0.39, 0.29) is 0 Å². The number of nitrogens with one attached hydrogen (secondary N) is 1. The van der Waals surface area contributed by atoms with Crippen molar-refractivity contribution in [2.45, 2.75) is 39.3 Å². The maximum absolute atomic E-state index is 9.58. The van der Waals surface area contributed by atoms with E-state index in [2.05, 4.69) is 18.3 Å². The second-order valence-electron chi connectivity index (χ2n) is 4.84. The molecule has 1 aromatic rings. The summed E-state index contributed by atoms with van der Waals surface area (Å²) in [5.41, 5.74) is 0.550. The van der Waals surface area contributed by atoms with Gasteiger partial charge < -0.3 is 15.2 Å². The van der Waals surface area contributed by atoms with Crippen molar-refractivity contribution < 1.29 is 9.84 Å². The van der Waals surface area contributed by atoms with E-state index in [1.54, 1.807) is 13.8 Å². The number of hydrogen-bond donors (Lipinski definition) is 2. The third-order valence-corrected chi connectivity index (χ3v) is 2.46. The molecule has 0 aliphatic carbocycles. The average molecular weight is 237 g/mol. The molecule has 1 rings (SSSR count). The van der Waals surface area contributed by atoms with Crippen molar-refractivity contribution in [3.8, 4) is 5.75 Å². The topological polar surface area (TPSA) is 41.5 Å². The van der Waals surface area contributed by atoms with Gasteiger partial charge >= 0.3 is 0 Å². The molecule has 0 heterocycles. The highest BCUT2D eigenvalue weighted by Crippen LogP contribution is 2.15. The summed E-state index contributed by atoms with van der Waals surface area (Å²) in [6.45, 7) is 8.02. The van der Waals surface area contributed by atoms with Crippen LogP contribution in [0.5, 0.6) is 5.75 Å². The molecule has 96 valence electrons. The van der Waals surface area contributed by atoms with E-state index in [1.165, 1.54) is 5.56 Å². The highest BCUT2D eigenvalue weighted by molar-refractivity contribution is 5.28. The molecule has 0 aromatic heterocycles. The Labute approximate surface area is 104 Å². The molecule has 2 N–H and O–H groups in total. The molecule has 0 saturated carbocycles. The summed E-state index contributed by atoms with van der Waals surface area (Å²) >= 11 is 0. The first kappa shape index (κ1) is 14.0. The average Bonchev–Trinajstić information content (AvgIpc) is 2.25. The summed E-state index contributed by atoms with van der Waals surface area (Å²) in [6.07, 6.45) is 0.629. The Kier molecular flexibility index (Phi) is 5.45. The van der Waals surface area contributed by atoms with E-state index >= 15 is 0 Å². The van der Waals surface area contributed by atoms with Gasteiger partial charge in [0.1, 0.15) is 5.75 Å². The SMILES string of the molecule is CCNCc1cccc(OCCC(C)(C)O)c1. The molecule has 0 radical (unpaired) electrons. The van der Waals surface area contributed by atoms with E-state index in [1.807, 2.05) is 18.2 Å². The highest BCUT2D eigenvalue weighted by Gasteiger charge is 2.11. The maximum Gasteiger partial charge on any atom is 0.119 e. The van der Waals surface area contributed by atoms with Gasteiger partial charge in [0.15, 0.2) is 0 Å². The Morgan fingerprint density at radius 1 is 1.35 bits per heavy atom. The fraction of sp³-hybridized carbons (Fsp3) is 0.571. The van der Waals surface area contributed by atoms with Gasteiger partial charge in [-0.1, -0.05) is 19.1 Å². The van der Waals surface area contributed by atoms with Crippen LogP contribution in [0.15, 0.2) is 24.3 Å². The third-order valence-electron chi connectivity index (χ3n) is 2.46. The minimum atomic E-state index is -0.665. The van der Waals surface area contributed by atoms with Gasteiger partial charge in [-0.3, -0.25) is 0 Å². The number of ether oxygens (including phenoxy) is 1. The van der Waals surface area contributed by atoms with Gasteiger partial charge in [-0.2, -0.15) is 0 Å². The Hall–Kier alpha value is -1.06. The molecule has 0 unspecified atom stereocenters. The van der Waals surface area contributed by atoms with Gasteiger partial charge in [0.05, 0.1) is 12.2 Å². The lowest BCUT2D eigenvalue weighted by Gasteiger charge is -2.17. The molecule has 0 saturated heterocycles. The Morgan fingerprint density at radius 3 is 2.76 bits per heavy atom. The fourth-order valence-electron chi connectivity index (χ4n) is 1.43. The molecule has 3 nitrogen and oxygen atoms in total. The van der Waals surface area contributed by atoms with Crippen molar-refractivity contribution in [3.05, 3.63) is 29.8 Å². The van der Waals surface area contributed by atoms with Crippen LogP contribution in [0, 0.1) is 0 Å². The first-order valence-electron chi connectivity index (χ1n) is 6.16.